The Bertz CT molecular complexity index is 443. The highest BCUT2D eigenvalue weighted by Crippen LogP contribution is 2.29. The zero-order valence-electron chi connectivity index (χ0n) is 10.2. The quantitative estimate of drug-likeness (QED) is 0.907. The van der Waals surface area contributed by atoms with Crippen molar-refractivity contribution in [3.63, 3.8) is 0 Å². The molecule has 0 bridgehead atoms. The first-order valence-electron chi connectivity index (χ1n) is 5.55. The molecule has 1 heterocycles. The van der Waals surface area contributed by atoms with Crippen LogP contribution in [0.1, 0.15) is 15.9 Å². The van der Waals surface area contributed by atoms with Crippen LogP contribution in [0, 0.1) is 0 Å². The number of amides is 1. The van der Waals surface area contributed by atoms with E-state index in [4.69, 9.17) is 0 Å². The molecule has 0 spiro atoms. The van der Waals surface area contributed by atoms with Gasteiger partial charge < -0.3 is 10.2 Å². The van der Waals surface area contributed by atoms with E-state index in [9.17, 15) is 18.0 Å². The topological polar surface area (TPSA) is 32.3 Å². The van der Waals surface area contributed by atoms with Gasteiger partial charge in [0.15, 0.2) is 0 Å². The fourth-order valence-corrected chi connectivity index (χ4v) is 1.72. The molecule has 1 N–H and O–H groups in total. The van der Waals surface area contributed by atoms with Crippen molar-refractivity contribution in [2.45, 2.75) is 12.2 Å². The molecule has 1 aliphatic heterocycles. The van der Waals surface area contributed by atoms with Crippen molar-refractivity contribution >= 4 is 18.3 Å². The Kier molecular flexibility index (Phi) is 4.81. The first-order valence-corrected chi connectivity index (χ1v) is 5.55. The molecule has 7 heteroatoms. The van der Waals surface area contributed by atoms with Crippen LogP contribution in [-0.2, 0) is 6.18 Å². The van der Waals surface area contributed by atoms with Gasteiger partial charge in [-0.15, -0.1) is 12.4 Å². The molecule has 106 valence electrons. The summed E-state index contributed by atoms with van der Waals surface area (Å²) in [6, 6.07) is 4.42. The third-order valence-corrected chi connectivity index (χ3v) is 3.09. The van der Waals surface area contributed by atoms with Gasteiger partial charge in [-0.05, 0) is 24.3 Å². The van der Waals surface area contributed by atoms with E-state index in [-0.39, 0.29) is 29.9 Å². The highest BCUT2D eigenvalue weighted by Gasteiger charge is 2.31. The molecule has 1 aliphatic rings. The monoisotopic (exact) mass is 294 g/mol. The highest BCUT2D eigenvalue weighted by molar-refractivity contribution is 5.94. The summed E-state index contributed by atoms with van der Waals surface area (Å²) in [5.41, 5.74) is -0.468. The summed E-state index contributed by atoms with van der Waals surface area (Å²) in [5.74, 6) is -0.254. The zero-order chi connectivity index (χ0) is 13.3. The minimum absolute atomic E-state index is 0. The number of alkyl halides is 3. The molecule has 1 fully saturated rings. The lowest BCUT2D eigenvalue weighted by Crippen LogP contribution is -2.57. The predicted molar refractivity (Wildman–Crippen MR) is 67.4 cm³/mol. The molecule has 1 aromatic carbocycles. The smallest absolute Gasteiger partial charge is 0.336 e. The number of likely N-dealkylation sites (N-methyl/N-ethyl adjacent to an activating group) is 1. The zero-order valence-corrected chi connectivity index (χ0v) is 11.0. The molecule has 0 radical (unpaired) electrons. The molecule has 0 aromatic heterocycles. The Balaban J connectivity index is 0.00000180. The van der Waals surface area contributed by atoms with E-state index in [2.05, 4.69) is 5.32 Å². The van der Waals surface area contributed by atoms with E-state index in [1.54, 1.807) is 11.9 Å². The maximum Gasteiger partial charge on any atom is 0.416 e. The summed E-state index contributed by atoms with van der Waals surface area (Å²) in [7, 11) is 1.66. The highest BCUT2D eigenvalue weighted by atomic mass is 35.5. The molecule has 19 heavy (non-hydrogen) atoms. The molecule has 3 nitrogen and oxygen atoms in total. The maximum absolute atomic E-state index is 12.4. The van der Waals surface area contributed by atoms with E-state index in [1.165, 1.54) is 12.1 Å². The van der Waals surface area contributed by atoms with Crippen LogP contribution >= 0.6 is 12.4 Å². The Morgan fingerprint density at radius 3 is 2.16 bits per heavy atom. The van der Waals surface area contributed by atoms with Crippen LogP contribution in [0.2, 0.25) is 0 Å². The second-order valence-electron chi connectivity index (χ2n) is 4.30. The fraction of sp³-hybridized carbons (Fsp3) is 0.417. The Morgan fingerprint density at radius 2 is 1.79 bits per heavy atom. The third-order valence-electron chi connectivity index (χ3n) is 3.09. The molecule has 2 rings (SSSR count). The number of hydrogen-bond donors (Lipinski definition) is 1. The SMILES string of the molecule is CN(C(=O)c1ccc(C(F)(F)F)cc1)C1CNC1.Cl. The van der Waals surface area contributed by atoms with Crippen molar-refractivity contribution in [2.24, 2.45) is 0 Å². The van der Waals surface area contributed by atoms with Gasteiger partial charge in [-0.25, -0.2) is 0 Å². The second kappa shape index (κ2) is 5.79. The molecule has 0 aliphatic carbocycles. The normalized spacial score (nSPS) is 15.4. The Labute approximate surface area is 115 Å². The Morgan fingerprint density at radius 1 is 1.26 bits per heavy atom. The van der Waals surface area contributed by atoms with Gasteiger partial charge in [-0.1, -0.05) is 0 Å². The molecule has 0 unspecified atom stereocenters. The third kappa shape index (κ3) is 3.39. The van der Waals surface area contributed by atoms with Crippen LogP contribution < -0.4 is 5.32 Å². The number of benzene rings is 1. The minimum atomic E-state index is -4.37. The van der Waals surface area contributed by atoms with Crippen molar-refractivity contribution in [3.05, 3.63) is 35.4 Å². The van der Waals surface area contributed by atoms with Crippen LogP contribution in [0.25, 0.3) is 0 Å². The van der Waals surface area contributed by atoms with Crippen LogP contribution in [-0.4, -0.2) is 37.0 Å². The summed E-state index contributed by atoms with van der Waals surface area (Å²) >= 11 is 0. The summed E-state index contributed by atoms with van der Waals surface area (Å²) in [6.07, 6.45) is -4.37. The average Bonchev–Trinajstić information content (AvgIpc) is 2.24. The van der Waals surface area contributed by atoms with Gasteiger partial charge in [-0.3, -0.25) is 4.79 Å². The molecular weight excluding hydrogens is 281 g/mol. The fourth-order valence-electron chi connectivity index (χ4n) is 1.72. The van der Waals surface area contributed by atoms with Gasteiger partial charge in [0, 0.05) is 25.7 Å². The lowest BCUT2D eigenvalue weighted by atomic mass is 10.1. The molecule has 0 atom stereocenters. The van der Waals surface area contributed by atoms with Crippen LogP contribution in [0.4, 0.5) is 13.2 Å². The maximum atomic E-state index is 12.4. The number of rotatable bonds is 2. The first-order chi connectivity index (χ1) is 8.39. The van der Waals surface area contributed by atoms with E-state index in [0.29, 0.717) is 0 Å². The first kappa shape index (κ1) is 15.8. The summed E-state index contributed by atoms with van der Waals surface area (Å²) in [5, 5.41) is 3.03. The largest absolute Gasteiger partial charge is 0.416 e. The van der Waals surface area contributed by atoms with Gasteiger partial charge in [0.2, 0.25) is 0 Å². The summed E-state index contributed by atoms with van der Waals surface area (Å²) < 4.78 is 37.1. The van der Waals surface area contributed by atoms with Crippen molar-refractivity contribution in [3.8, 4) is 0 Å². The molecule has 1 aromatic rings. The van der Waals surface area contributed by atoms with Gasteiger partial charge in [0.05, 0.1) is 11.6 Å². The molecule has 1 saturated heterocycles. The Hall–Kier alpha value is -1.27. The van der Waals surface area contributed by atoms with E-state index in [0.717, 1.165) is 25.2 Å². The lowest BCUT2D eigenvalue weighted by molar-refractivity contribution is -0.137. The summed E-state index contributed by atoms with van der Waals surface area (Å²) in [4.78, 5) is 13.5. The number of carbonyl (C=O) groups excluding carboxylic acids is 1. The van der Waals surface area contributed by atoms with Crippen LogP contribution in [0.5, 0.6) is 0 Å². The van der Waals surface area contributed by atoms with Crippen molar-refractivity contribution in [1.29, 1.82) is 0 Å². The van der Waals surface area contributed by atoms with Crippen molar-refractivity contribution in [1.82, 2.24) is 10.2 Å². The van der Waals surface area contributed by atoms with Gasteiger partial charge in [0.1, 0.15) is 0 Å². The number of hydrogen-bond acceptors (Lipinski definition) is 2. The van der Waals surface area contributed by atoms with Gasteiger partial charge >= 0.3 is 6.18 Å². The standard InChI is InChI=1S/C12H13F3N2O.ClH/c1-17(10-6-16-7-10)11(18)8-2-4-9(5-3-8)12(13,14)15;/h2-5,10,16H,6-7H2,1H3;1H. The second-order valence-corrected chi connectivity index (χ2v) is 4.30. The molecule has 0 saturated carbocycles. The predicted octanol–water partition coefficient (Wildman–Crippen LogP) is 2.17. The van der Waals surface area contributed by atoms with Crippen molar-refractivity contribution < 1.29 is 18.0 Å². The van der Waals surface area contributed by atoms with E-state index >= 15 is 0 Å². The minimum Gasteiger partial charge on any atom is -0.336 e. The van der Waals surface area contributed by atoms with Crippen LogP contribution in [0.15, 0.2) is 24.3 Å². The van der Waals surface area contributed by atoms with Gasteiger partial charge in [0.25, 0.3) is 5.91 Å². The average molecular weight is 295 g/mol. The number of nitrogens with zero attached hydrogens (tertiary/aromatic N) is 1. The summed E-state index contributed by atoms with van der Waals surface area (Å²) in [6.45, 7) is 1.45. The number of nitrogens with one attached hydrogen (secondary N) is 1. The van der Waals surface area contributed by atoms with Crippen molar-refractivity contribution in [2.75, 3.05) is 20.1 Å². The van der Waals surface area contributed by atoms with Crippen LogP contribution in [0.3, 0.4) is 0 Å². The number of carbonyl (C=O) groups is 1. The van der Waals surface area contributed by atoms with E-state index < -0.39 is 11.7 Å². The van der Waals surface area contributed by atoms with Gasteiger partial charge in [-0.2, -0.15) is 13.2 Å². The lowest BCUT2D eigenvalue weighted by Gasteiger charge is -2.35. The number of halogens is 4. The molecule has 1 amide bonds. The molecular formula is C12H14ClF3N2O. The van der Waals surface area contributed by atoms with E-state index in [1.807, 2.05) is 0 Å².